The van der Waals surface area contributed by atoms with Crippen molar-refractivity contribution in [1.82, 2.24) is 0 Å². The molecular weight excluding hydrogens is 224 g/mol. The largest absolute Gasteiger partial charge is 0.465 e. The molecular formula is C16H20O2. The molecule has 2 heteroatoms. The van der Waals surface area contributed by atoms with Crippen LogP contribution in [0.3, 0.4) is 0 Å². The molecule has 1 aliphatic carbocycles. The fourth-order valence-electron chi connectivity index (χ4n) is 2.78. The Labute approximate surface area is 109 Å². The first-order valence-corrected chi connectivity index (χ1v) is 6.92. The number of ether oxygens (including phenoxy) is 2. The van der Waals surface area contributed by atoms with E-state index in [0.29, 0.717) is 0 Å². The summed E-state index contributed by atoms with van der Waals surface area (Å²) in [4.78, 5) is 0. The maximum atomic E-state index is 5.90. The van der Waals surface area contributed by atoms with E-state index < -0.39 is 0 Å². The van der Waals surface area contributed by atoms with E-state index in [1.54, 1.807) is 0 Å². The second-order valence-corrected chi connectivity index (χ2v) is 5.19. The molecule has 1 fully saturated rings. The number of aryl methyl sites for hydroxylation is 1. The second kappa shape index (κ2) is 5.15. The molecule has 1 aromatic carbocycles. The van der Waals surface area contributed by atoms with Crippen LogP contribution >= 0.6 is 0 Å². The first kappa shape index (κ1) is 11.8. The summed E-state index contributed by atoms with van der Waals surface area (Å²) >= 11 is 0. The van der Waals surface area contributed by atoms with Crippen molar-refractivity contribution in [2.75, 3.05) is 6.61 Å². The second-order valence-electron chi connectivity index (χ2n) is 5.19. The fraction of sp³-hybridized carbons (Fsp3) is 0.500. The van der Waals surface area contributed by atoms with E-state index in [1.807, 2.05) is 6.07 Å². The summed E-state index contributed by atoms with van der Waals surface area (Å²) in [5.41, 5.74) is 3.95. The summed E-state index contributed by atoms with van der Waals surface area (Å²) < 4.78 is 11.5. The van der Waals surface area contributed by atoms with Crippen molar-refractivity contribution in [3.05, 3.63) is 35.9 Å². The van der Waals surface area contributed by atoms with E-state index >= 15 is 0 Å². The van der Waals surface area contributed by atoms with Crippen LogP contribution in [0.15, 0.2) is 24.8 Å². The number of fused-ring (bicyclic) bond motifs is 1. The van der Waals surface area contributed by atoms with Crippen molar-refractivity contribution >= 4 is 5.57 Å². The highest BCUT2D eigenvalue weighted by Crippen LogP contribution is 2.32. The molecule has 18 heavy (non-hydrogen) atoms. The molecule has 2 aliphatic rings. The summed E-state index contributed by atoms with van der Waals surface area (Å²) in [5.74, 6) is 0.940. The molecule has 3 rings (SSSR count). The van der Waals surface area contributed by atoms with Gasteiger partial charge in [0.25, 0.3) is 0 Å². The topological polar surface area (TPSA) is 18.5 Å². The third-order valence-corrected chi connectivity index (χ3v) is 3.79. The van der Waals surface area contributed by atoms with E-state index in [-0.39, 0.29) is 6.29 Å². The fourth-order valence-corrected chi connectivity index (χ4v) is 2.78. The Morgan fingerprint density at radius 2 is 2.11 bits per heavy atom. The van der Waals surface area contributed by atoms with Gasteiger partial charge in [-0.1, -0.05) is 12.6 Å². The predicted octanol–water partition coefficient (Wildman–Crippen LogP) is 3.94. The van der Waals surface area contributed by atoms with Gasteiger partial charge in [0.15, 0.2) is 6.29 Å². The van der Waals surface area contributed by atoms with Gasteiger partial charge in [0.1, 0.15) is 5.75 Å². The molecule has 96 valence electrons. The van der Waals surface area contributed by atoms with Crippen molar-refractivity contribution in [1.29, 1.82) is 0 Å². The first-order valence-electron chi connectivity index (χ1n) is 6.92. The van der Waals surface area contributed by atoms with Crippen molar-refractivity contribution < 1.29 is 9.47 Å². The van der Waals surface area contributed by atoms with Gasteiger partial charge in [-0.2, -0.15) is 0 Å². The standard InChI is InChI=1S/C16H20O2/c1-12-5-4-6-13-11-14(8-9-15(12)13)18-16-7-2-3-10-17-16/h8-9,11,16H,1-7,10H2. The highest BCUT2D eigenvalue weighted by atomic mass is 16.7. The number of benzene rings is 1. The highest BCUT2D eigenvalue weighted by molar-refractivity contribution is 5.68. The Morgan fingerprint density at radius 1 is 1.17 bits per heavy atom. The minimum Gasteiger partial charge on any atom is -0.465 e. The molecule has 0 bridgehead atoms. The average Bonchev–Trinajstić information content (AvgIpc) is 2.40. The van der Waals surface area contributed by atoms with Crippen LogP contribution in [0.2, 0.25) is 0 Å². The Kier molecular flexibility index (Phi) is 3.37. The smallest absolute Gasteiger partial charge is 0.199 e. The van der Waals surface area contributed by atoms with Crippen molar-refractivity contribution in [2.24, 2.45) is 0 Å². The Morgan fingerprint density at radius 3 is 2.94 bits per heavy atom. The summed E-state index contributed by atoms with van der Waals surface area (Å²) in [7, 11) is 0. The predicted molar refractivity (Wildman–Crippen MR) is 72.6 cm³/mol. The molecule has 0 amide bonds. The zero-order chi connectivity index (χ0) is 12.4. The first-order chi connectivity index (χ1) is 8.83. The molecule has 1 unspecified atom stereocenters. The van der Waals surface area contributed by atoms with Gasteiger partial charge in [-0.05, 0) is 60.9 Å². The summed E-state index contributed by atoms with van der Waals surface area (Å²) in [6.45, 7) is 4.96. The lowest BCUT2D eigenvalue weighted by Gasteiger charge is -2.25. The van der Waals surface area contributed by atoms with E-state index in [4.69, 9.17) is 9.47 Å². The van der Waals surface area contributed by atoms with Crippen LogP contribution < -0.4 is 4.74 Å². The quantitative estimate of drug-likeness (QED) is 0.784. The van der Waals surface area contributed by atoms with Crippen LogP contribution in [0.5, 0.6) is 5.75 Å². The highest BCUT2D eigenvalue weighted by Gasteiger charge is 2.17. The lowest BCUT2D eigenvalue weighted by molar-refractivity contribution is -0.105. The van der Waals surface area contributed by atoms with Crippen LogP contribution in [0.1, 0.15) is 43.2 Å². The van der Waals surface area contributed by atoms with Gasteiger partial charge in [-0.25, -0.2) is 0 Å². The van der Waals surface area contributed by atoms with Gasteiger partial charge < -0.3 is 9.47 Å². The zero-order valence-corrected chi connectivity index (χ0v) is 10.8. The van der Waals surface area contributed by atoms with Crippen molar-refractivity contribution in [2.45, 2.75) is 44.8 Å². The van der Waals surface area contributed by atoms with E-state index in [2.05, 4.69) is 18.7 Å². The SMILES string of the molecule is C=C1CCCc2cc(OC3CCCCO3)ccc21. The lowest BCUT2D eigenvalue weighted by atomic mass is 9.88. The number of hydrogen-bond acceptors (Lipinski definition) is 2. The van der Waals surface area contributed by atoms with E-state index in [0.717, 1.165) is 38.0 Å². The van der Waals surface area contributed by atoms with Gasteiger partial charge in [0.2, 0.25) is 0 Å². The Balaban J connectivity index is 1.75. The Hall–Kier alpha value is -1.28. The van der Waals surface area contributed by atoms with Crippen molar-refractivity contribution in [3.63, 3.8) is 0 Å². The monoisotopic (exact) mass is 244 g/mol. The average molecular weight is 244 g/mol. The molecule has 1 aromatic rings. The summed E-state index contributed by atoms with van der Waals surface area (Å²) in [6, 6.07) is 6.36. The third-order valence-electron chi connectivity index (χ3n) is 3.79. The maximum Gasteiger partial charge on any atom is 0.199 e. The van der Waals surface area contributed by atoms with E-state index in [1.165, 1.54) is 29.5 Å². The molecule has 1 atom stereocenters. The molecule has 0 saturated carbocycles. The lowest BCUT2D eigenvalue weighted by Crippen LogP contribution is -2.25. The number of hydrogen-bond donors (Lipinski definition) is 0. The Bertz CT molecular complexity index is 444. The number of allylic oxidation sites excluding steroid dienone is 1. The molecule has 1 heterocycles. The van der Waals surface area contributed by atoms with E-state index in [9.17, 15) is 0 Å². The molecule has 1 aliphatic heterocycles. The maximum absolute atomic E-state index is 5.90. The minimum absolute atomic E-state index is 0.0522. The molecule has 2 nitrogen and oxygen atoms in total. The van der Waals surface area contributed by atoms with Crippen LogP contribution in [-0.4, -0.2) is 12.9 Å². The molecule has 0 N–H and O–H groups in total. The third kappa shape index (κ3) is 2.44. The molecule has 1 saturated heterocycles. The van der Waals surface area contributed by atoms with Crippen LogP contribution in [0.4, 0.5) is 0 Å². The molecule has 0 radical (unpaired) electrons. The van der Waals surface area contributed by atoms with Crippen LogP contribution in [-0.2, 0) is 11.2 Å². The van der Waals surface area contributed by atoms with Gasteiger partial charge in [-0.3, -0.25) is 0 Å². The van der Waals surface area contributed by atoms with Gasteiger partial charge in [0.05, 0.1) is 6.61 Å². The zero-order valence-electron chi connectivity index (χ0n) is 10.8. The molecule has 0 aromatic heterocycles. The summed E-state index contributed by atoms with van der Waals surface area (Å²) in [5, 5.41) is 0. The normalized spacial score (nSPS) is 23.6. The van der Waals surface area contributed by atoms with Gasteiger partial charge in [0, 0.05) is 6.42 Å². The van der Waals surface area contributed by atoms with Crippen LogP contribution in [0.25, 0.3) is 5.57 Å². The van der Waals surface area contributed by atoms with Gasteiger partial charge in [-0.15, -0.1) is 0 Å². The van der Waals surface area contributed by atoms with Crippen LogP contribution in [0, 0.1) is 0 Å². The van der Waals surface area contributed by atoms with Gasteiger partial charge >= 0.3 is 0 Å². The molecule has 0 spiro atoms. The minimum atomic E-state index is -0.0522. The van der Waals surface area contributed by atoms with Crippen molar-refractivity contribution in [3.8, 4) is 5.75 Å². The summed E-state index contributed by atoms with van der Waals surface area (Å²) in [6.07, 6.45) is 6.77. The number of rotatable bonds is 2.